The largest absolute Gasteiger partial charge is 0.388 e. The van der Waals surface area contributed by atoms with Gasteiger partial charge < -0.3 is 10.0 Å². The molecule has 0 aliphatic heterocycles. The first-order chi connectivity index (χ1) is 10.1. The fraction of sp³-hybridized carbons (Fsp3) is 0.368. The average molecular weight is 283 g/mol. The quantitative estimate of drug-likeness (QED) is 0.856. The normalized spacial score (nSPS) is 12.2. The van der Waals surface area contributed by atoms with Crippen LogP contribution in [0.1, 0.15) is 36.1 Å². The smallest absolute Gasteiger partial charge is 0.0807 e. The topological polar surface area (TPSA) is 23.5 Å². The van der Waals surface area contributed by atoms with E-state index in [-0.39, 0.29) is 0 Å². The van der Waals surface area contributed by atoms with Gasteiger partial charge in [0, 0.05) is 18.8 Å². The molecule has 0 aromatic heterocycles. The first-order valence-electron chi connectivity index (χ1n) is 7.67. The van der Waals surface area contributed by atoms with Gasteiger partial charge in [-0.3, -0.25) is 0 Å². The minimum Gasteiger partial charge on any atom is -0.388 e. The van der Waals surface area contributed by atoms with Crippen molar-refractivity contribution in [3.05, 3.63) is 65.2 Å². The number of nitrogens with zero attached hydrogens (tertiary/aromatic N) is 1. The summed E-state index contributed by atoms with van der Waals surface area (Å²) in [5, 5.41) is 10.4. The van der Waals surface area contributed by atoms with E-state index in [0.29, 0.717) is 0 Å². The van der Waals surface area contributed by atoms with Gasteiger partial charge in [0.15, 0.2) is 0 Å². The maximum Gasteiger partial charge on any atom is 0.0807 e. The minimum absolute atomic E-state index is 0.401. The lowest BCUT2D eigenvalue weighted by atomic mass is 10.0. The molecule has 0 saturated carbocycles. The van der Waals surface area contributed by atoms with Gasteiger partial charge in [-0.2, -0.15) is 0 Å². The van der Waals surface area contributed by atoms with Gasteiger partial charge in [0.1, 0.15) is 0 Å². The first-order valence-corrected chi connectivity index (χ1v) is 7.67. The van der Waals surface area contributed by atoms with Gasteiger partial charge in [-0.05, 0) is 56.0 Å². The number of anilines is 1. The number of aliphatic hydroxyl groups excluding tert-OH is 1. The third-order valence-electron chi connectivity index (χ3n) is 4.09. The monoisotopic (exact) mass is 283 g/mol. The molecule has 2 aromatic carbocycles. The fourth-order valence-electron chi connectivity index (χ4n) is 2.53. The lowest BCUT2D eigenvalue weighted by Gasteiger charge is -2.24. The van der Waals surface area contributed by atoms with Gasteiger partial charge >= 0.3 is 0 Å². The molecule has 0 aliphatic rings. The summed E-state index contributed by atoms with van der Waals surface area (Å²) >= 11 is 0. The van der Waals surface area contributed by atoms with Crippen LogP contribution in [0.25, 0.3) is 0 Å². The second kappa shape index (κ2) is 7.28. The average Bonchev–Trinajstić information content (AvgIpc) is 2.51. The summed E-state index contributed by atoms with van der Waals surface area (Å²) < 4.78 is 0. The van der Waals surface area contributed by atoms with Crippen LogP contribution in [0.2, 0.25) is 0 Å². The molecule has 0 bridgehead atoms. The molecule has 1 unspecified atom stereocenters. The molecule has 112 valence electrons. The van der Waals surface area contributed by atoms with Crippen molar-refractivity contribution in [2.75, 3.05) is 18.0 Å². The van der Waals surface area contributed by atoms with Gasteiger partial charge in [-0.1, -0.05) is 36.4 Å². The van der Waals surface area contributed by atoms with Crippen molar-refractivity contribution >= 4 is 5.69 Å². The number of para-hydroxylation sites is 1. The van der Waals surface area contributed by atoms with Crippen molar-refractivity contribution in [2.45, 2.75) is 33.3 Å². The van der Waals surface area contributed by atoms with E-state index < -0.39 is 6.10 Å². The zero-order valence-electron chi connectivity index (χ0n) is 13.2. The maximum atomic E-state index is 10.4. The molecule has 21 heavy (non-hydrogen) atoms. The van der Waals surface area contributed by atoms with Crippen LogP contribution in [0, 0.1) is 13.8 Å². The van der Waals surface area contributed by atoms with Gasteiger partial charge in [0.25, 0.3) is 0 Å². The van der Waals surface area contributed by atoms with Crippen molar-refractivity contribution in [3.63, 3.8) is 0 Å². The summed E-state index contributed by atoms with van der Waals surface area (Å²) in [5.41, 5.74) is 4.74. The Hall–Kier alpha value is -1.80. The Kier molecular flexibility index (Phi) is 5.40. The SMILES string of the molecule is CCN(CCC(O)c1ccc(C)c(C)c1)c1ccccc1. The number of aryl methyl sites for hydroxylation is 2. The lowest BCUT2D eigenvalue weighted by Crippen LogP contribution is -2.25. The number of aliphatic hydroxyl groups is 1. The van der Waals surface area contributed by atoms with E-state index in [2.05, 4.69) is 62.1 Å². The molecule has 0 saturated heterocycles. The van der Waals surface area contributed by atoms with Crippen LogP contribution in [0.15, 0.2) is 48.5 Å². The summed E-state index contributed by atoms with van der Waals surface area (Å²) in [7, 11) is 0. The molecule has 0 fully saturated rings. The zero-order valence-corrected chi connectivity index (χ0v) is 13.2. The van der Waals surface area contributed by atoms with Gasteiger partial charge in [-0.25, -0.2) is 0 Å². The van der Waals surface area contributed by atoms with Crippen molar-refractivity contribution in [1.82, 2.24) is 0 Å². The predicted octanol–water partition coefficient (Wildman–Crippen LogP) is 4.25. The van der Waals surface area contributed by atoms with Crippen molar-refractivity contribution in [3.8, 4) is 0 Å². The molecule has 2 heteroatoms. The van der Waals surface area contributed by atoms with Gasteiger partial charge in [0.2, 0.25) is 0 Å². The molecule has 0 heterocycles. The number of hydrogen-bond donors (Lipinski definition) is 1. The summed E-state index contributed by atoms with van der Waals surface area (Å²) in [5.74, 6) is 0. The fourth-order valence-corrected chi connectivity index (χ4v) is 2.53. The van der Waals surface area contributed by atoms with E-state index in [4.69, 9.17) is 0 Å². The second-order valence-electron chi connectivity index (χ2n) is 5.56. The molecule has 0 amide bonds. The number of benzene rings is 2. The molecule has 0 aliphatic carbocycles. The van der Waals surface area contributed by atoms with E-state index in [1.54, 1.807) is 0 Å². The highest BCUT2D eigenvalue weighted by Gasteiger charge is 2.11. The summed E-state index contributed by atoms with van der Waals surface area (Å²) in [4.78, 5) is 2.30. The molecule has 2 aromatic rings. The molecular formula is C19H25NO. The molecular weight excluding hydrogens is 258 g/mol. The Labute approximate surface area is 128 Å². The van der Waals surface area contributed by atoms with Crippen molar-refractivity contribution in [1.29, 1.82) is 0 Å². The minimum atomic E-state index is -0.401. The highest BCUT2D eigenvalue weighted by molar-refractivity contribution is 5.45. The van der Waals surface area contributed by atoms with Crippen LogP contribution in [0.5, 0.6) is 0 Å². The Bertz CT molecular complexity index is 565. The molecule has 2 rings (SSSR count). The van der Waals surface area contributed by atoms with Gasteiger partial charge in [-0.15, -0.1) is 0 Å². The molecule has 0 spiro atoms. The highest BCUT2D eigenvalue weighted by Crippen LogP contribution is 2.21. The van der Waals surface area contributed by atoms with Crippen LogP contribution in [-0.4, -0.2) is 18.2 Å². The third kappa shape index (κ3) is 4.08. The zero-order chi connectivity index (χ0) is 15.2. The molecule has 2 nitrogen and oxygen atoms in total. The lowest BCUT2D eigenvalue weighted by molar-refractivity contribution is 0.169. The van der Waals surface area contributed by atoms with Crippen LogP contribution >= 0.6 is 0 Å². The van der Waals surface area contributed by atoms with E-state index >= 15 is 0 Å². The standard InChI is InChI=1S/C19H25NO/c1-4-20(18-8-6-5-7-9-18)13-12-19(21)17-11-10-15(2)16(3)14-17/h5-11,14,19,21H,4,12-13H2,1-3H3. The Morgan fingerprint density at radius 1 is 1.00 bits per heavy atom. The Morgan fingerprint density at radius 2 is 1.71 bits per heavy atom. The molecule has 1 atom stereocenters. The van der Waals surface area contributed by atoms with E-state index in [9.17, 15) is 5.11 Å². The second-order valence-corrected chi connectivity index (χ2v) is 5.56. The molecule has 0 radical (unpaired) electrons. The highest BCUT2D eigenvalue weighted by atomic mass is 16.3. The summed E-state index contributed by atoms with van der Waals surface area (Å²) in [6.07, 6.45) is 0.340. The van der Waals surface area contributed by atoms with Crippen LogP contribution in [-0.2, 0) is 0 Å². The first kappa shape index (κ1) is 15.6. The van der Waals surface area contributed by atoms with Crippen LogP contribution in [0.3, 0.4) is 0 Å². The Morgan fingerprint density at radius 3 is 2.33 bits per heavy atom. The van der Waals surface area contributed by atoms with Crippen molar-refractivity contribution < 1.29 is 5.11 Å². The number of hydrogen-bond acceptors (Lipinski definition) is 2. The van der Waals surface area contributed by atoms with Gasteiger partial charge in [0.05, 0.1) is 6.10 Å². The maximum absolute atomic E-state index is 10.4. The van der Waals surface area contributed by atoms with Crippen LogP contribution in [0.4, 0.5) is 5.69 Å². The summed E-state index contributed by atoms with van der Waals surface area (Å²) in [6, 6.07) is 16.6. The van der Waals surface area contributed by atoms with E-state index in [1.807, 2.05) is 12.1 Å². The van der Waals surface area contributed by atoms with Crippen LogP contribution < -0.4 is 4.90 Å². The van der Waals surface area contributed by atoms with E-state index in [1.165, 1.54) is 16.8 Å². The molecule has 1 N–H and O–H groups in total. The Balaban J connectivity index is 1.99. The third-order valence-corrected chi connectivity index (χ3v) is 4.09. The number of rotatable bonds is 6. The van der Waals surface area contributed by atoms with Crippen molar-refractivity contribution in [2.24, 2.45) is 0 Å². The predicted molar refractivity (Wildman–Crippen MR) is 89.8 cm³/mol. The summed E-state index contributed by atoms with van der Waals surface area (Å²) in [6.45, 7) is 8.14. The van der Waals surface area contributed by atoms with E-state index in [0.717, 1.165) is 25.1 Å².